The number of nitrogens with one attached hydrogen (secondary N) is 2. The molecule has 1 heterocycles. The lowest BCUT2D eigenvalue weighted by Crippen LogP contribution is -2.51. The molecule has 0 saturated carbocycles. The van der Waals surface area contributed by atoms with Crippen LogP contribution in [-0.4, -0.2) is 48.8 Å². The third kappa shape index (κ3) is 7.97. The lowest BCUT2D eigenvalue weighted by atomic mass is 9.85. The Bertz CT molecular complexity index is 1290. The predicted octanol–water partition coefficient (Wildman–Crippen LogP) is 5.52. The molecule has 2 atom stereocenters. The molecule has 10 heteroatoms. The minimum absolute atomic E-state index is 0.0788. The van der Waals surface area contributed by atoms with Crippen molar-refractivity contribution in [1.82, 2.24) is 15.5 Å². The van der Waals surface area contributed by atoms with E-state index in [2.05, 4.69) is 15.4 Å². The number of carbonyl (C=O) groups excluding carboxylic acids is 2. The fraction of sp³-hybridized carbons (Fsp3) is 0.310. The van der Waals surface area contributed by atoms with Gasteiger partial charge in [-0.25, -0.2) is 0 Å². The van der Waals surface area contributed by atoms with Crippen molar-refractivity contribution in [2.45, 2.75) is 38.2 Å². The Morgan fingerprint density at radius 2 is 1.72 bits per heavy atom. The van der Waals surface area contributed by atoms with Crippen LogP contribution < -0.4 is 15.4 Å². The van der Waals surface area contributed by atoms with Crippen LogP contribution in [0.4, 0.5) is 13.2 Å². The molecule has 0 spiro atoms. The molecule has 2 N–H and O–H groups in total. The van der Waals surface area contributed by atoms with Gasteiger partial charge in [0.25, 0.3) is 0 Å². The van der Waals surface area contributed by atoms with Crippen molar-refractivity contribution in [3.8, 4) is 16.9 Å². The van der Waals surface area contributed by atoms with Gasteiger partial charge in [0.1, 0.15) is 5.75 Å². The second-order valence-electron chi connectivity index (χ2n) is 9.42. The van der Waals surface area contributed by atoms with Crippen molar-refractivity contribution < 1.29 is 27.5 Å². The van der Waals surface area contributed by atoms with Crippen LogP contribution in [0.3, 0.4) is 0 Å². The minimum Gasteiger partial charge on any atom is -0.405 e. The zero-order chi connectivity index (χ0) is 28.0. The van der Waals surface area contributed by atoms with E-state index in [1.807, 2.05) is 30.3 Å². The number of hydrogen-bond acceptors (Lipinski definition) is 4. The van der Waals surface area contributed by atoms with Crippen LogP contribution in [0.15, 0.2) is 72.8 Å². The third-order valence-corrected chi connectivity index (χ3v) is 6.95. The SMILES string of the molecule is CC(=O)NCC(=O)N1CCC(NCc2cc(-c3ccc(Cl)cc3)ccc2OC(F)(F)F)C(c2ccccc2)C1. The number of amides is 2. The number of alkyl halides is 3. The summed E-state index contributed by atoms with van der Waals surface area (Å²) >= 11 is 5.99. The lowest BCUT2D eigenvalue weighted by molar-refractivity contribution is -0.274. The molecule has 0 aliphatic carbocycles. The van der Waals surface area contributed by atoms with Gasteiger partial charge in [0, 0.05) is 49.1 Å². The summed E-state index contributed by atoms with van der Waals surface area (Å²) < 4.78 is 43.9. The molecule has 0 aromatic heterocycles. The van der Waals surface area contributed by atoms with E-state index < -0.39 is 6.36 Å². The van der Waals surface area contributed by atoms with Crippen LogP contribution in [0.1, 0.15) is 30.4 Å². The molecule has 2 unspecified atom stereocenters. The van der Waals surface area contributed by atoms with Crippen LogP contribution in [0.2, 0.25) is 5.02 Å². The zero-order valence-electron chi connectivity index (χ0n) is 21.3. The Balaban J connectivity index is 1.56. The van der Waals surface area contributed by atoms with E-state index in [9.17, 15) is 22.8 Å². The molecular formula is C29H29ClF3N3O3. The highest BCUT2D eigenvalue weighted by Crippen LogP contribution is 2.33. The van der Waals surface area contributed by atoms with E-state index in [-0.39, 0.29) is 42.6 Å². The molecule has 3 aromatic rings. The van der Waals surface area contributed by atoms with E-state index in [1.54, 1.807) is 41.3 Å². The first-order valence-electron chi connectivity index (χ1n) is 12.5. The standard InChI is InChI=1S/C29H29ClF3N3O3/c1-19(37)34-17-28(38)36-14-13-26(25(18-36)21-5-3-2-4-6-21)35-16-23-15-22(20-7-10-24(30)11-8-20)9-12-27(23)39-29(31,32)33/h2-12,15,25-26,35H,13-14,16-18H2,1H3,(H,34,37). The fourth-order valence-electron chi connectivity index (χ4n) is 4.78. The average molecular weight is 560 g/mol. The molecule has 1 aliphatic heterocycles. The molecule has 206 valence electrons. The van der Waals surface area contributed by atoms with Crippen molar-refractivity contribution in [3.63, 3.8) is 0 Å². The molecule has 1 saturated heterocycles. The molecule has 6 nitrogen and oxygen atoms in total. The number of benzene rings is 3. The molecule has 3 aromatic carbocycles. The van der Waals surface area contributed by atoms with E-state index >= 15 is 0 Å². The number of ether oxygens (including phenoxy) is 1. The Kier molecular flexibility index (Phi) is 9.14. The Hall–Kier alpha value is -3.56. The Labute approximate surface area is 230 Å². The smallest absolute Gasteiger partial charge is 0.405 e. The van der Waals surface area contributed by atoms with Crippen molar-refractivity contribution in [2.24, 2.45) is 0 Å². The number of carbonyl (C=O) groups is 2. The van der Waals surface area contributed by atoms with E-state index in [4.69, 9.17) is 11.6 Å². The summed E-state index contributed by atoms with van der Waals surface area (Å²) in [4.78, 5) is 25.7. The maximum absolute atomic E-state index is 13.2. The van der Waals surface area contributed by atoms with Gasteiger partial charge in [-0.1, -0.05) is 60.1 Å². The minimum atomic E-state index is -4.83. The van der Waals surface area contributed by atoms with Crippen LogP contribution in [0, 0.1) is 0 Å². The molecule has 0 bridgehead atoms. The van der Waals surface area contributed by atoms with Crippen molar-refractivity contribution in [1.29, 1.82) is 0 Å². The summed E-state index contributed by atoms with van der Waals surface area (Å²) in [6, 6.07) is 21.2. The first-order valence-corrected chi connectivity index (χ1v) is 12.9. The topological polar surface area (TPSA) is 70.7 Å². The summed E-state index contributed by atoms with van der Waals surface area (Å²) in [6.45, 7) is 2.27. The highest BCUT2D eigenvalue weighted by molar-refractivity contribution is 6.30. The molecular weight excluding hydrogens is 531 g/mol. The first-order chi connectivity index (χ1) is 18.6. The van der Waals surface area contributed by atoms with E-state index in [0.29, 0.717) is 30.1 Å². The second kappa shape index (κ2) is 12.5. The van der Waals surface area contributed by atoms with E-state index in [0.717, 1.165) is 16.7 Å². The molecule has 4 rings (SSSR count). The normalized spacial score (nSPS) is 17.5. The average Bonchev–Trinajstić information content (AvgIpc) is 2.91. The summed E-state index contributed by atoms with van der Waals surface area (Å²) in [5.41, 5.74) is 2.91. The summed E-state index contributed by atoms with van der Waals surface area (Å²) in [7, 11) is 0. The molecule has 1 fully saturated rings. The molecule has 1 aliphatic rings. The number of likely N-dealkylation sites (tertiary alicyclic amines) is 1. The Morgan fingerprint density at radius 3 is 2.38 bits per heavy atom. The summed E-state index contributed by atoms with van der Waals surface area (Å²) in [5, 5.41) is 6.54. The van der Waals surface area contributed by atoms with Crippen molar-refractivity contribution in [2.75, 3.05) is 19.6 Å². The van der Waals surface area contributed by atoms with Gasteiger partial charge in [-0.15, -0.1) is 13.2 Å². The number of halogens is 4. The largest absolute Gasteiger partial charge is 0.573 e. The maximum Gasteiger partial charge on any atom is 0.573 e. The second-order valence-corrected chi connectivity index (χ2v) is 9.86. The fourth-order valence-corrected chi connectivity index (χ4v) is 4.90. The van der Waals surface area contributed by atoms with E-state index in [1.165, 1.54) is 13.0 Å². The van der Waals surface area contributed by atoms with Crippen LogP contribution >= 0.6 is 11.6 Å². The van der Waals surface area contributed by atoms with Crippen LogP contribution in [0.5, 0.6) is 5.75 Å². The highest BCUT2D eigenvalue weighted by atomic mass is 35.5. The van der Waals surface area contributed by atoms with Gasteiger partial charge in [-0.05, 0) is 47.4 Å². The highest BCUT2D eigenvalue weighted by Gasteiger charge is 2.34. The number of rotatable bonds is 8. The van der Waals surface area contributed by atoms with Gasteiger partial charge in [0.05, 0.1) is 6.54 Å². The van der Waals surface area contributed by atoms with Gasteiger partial charge in [0.15, 0.2) is 0 Å². The van der Waals surface area contributed by atoms with Gasteiger partial charge in [0.2, 0.25) is 11.8 Å². The quantitative estimate of drug-likeness (QED) is 0.381. The molecule has 0 radical (unpaired) electrons. The van der Waals surface area contributed by atoms with Crippen molar-refractivity contribution >= 4 is 23.4 Å². The lowest BCUT2D eigenvalue weighted by Gasteiger charge is -2.39. The monoisotopic (exact) mass is 559 g/mol. The Morgan fingerprint density at radius 1 is 1.03 bits per heavy atom. The first kappa shape index (κ1) is 28.4. The van der Waals surface area contributed by atoms with Crippen LogP contribution in [0.25, 0.3) is 11.1 Å². The van der Waals surface area contributed by atoms with Gasteiger partial charge in [-0.2, -0.15) is 0 Å². The summed E-state index contributed by atoms with van der Waals surface area (Å²) in [5.74, 6) is -0.835. The molecule has 39 heavy (non-hydrogen) atoms. The number of hydrogen-bond donors (Lipinski definition) is 2. The van der Waals surface area contributed by atoms with Crippen molar-refractivity contribution in [3.05, 3.63) is 88.9 Å². The van der Waals surface area contributed by atoms with Crippen LogP contribution in [-0.2, 0) is 16.1 Å². The third-order valence-electron chi connectivity index (χ3n) is 6.70. The number of piperidine rings is 1. The zero-order valence-corrected chi connectivity index (χ0v) is 22.1. The summed E-state index contributed by atoms with van der Waals surface area (Å²) in [6.07, 6.45) is -4.25. The molecule has 2 amide bonds. The number of nitrogens with zero attached hydrogens (tertiary/aromatic N) is 1. The van der Waals surface area contributed by atoms with Gasteiger partial charge in [-0.3, -0.25) is 9.59 Å². The maximum atomic E-state index is 13.2. The van der Waals surface area contributed by atoms with Gasteiger partial charge >= 0.3 is 6.36 Å². The predicted molar refractivity (Wildman–Crippen MR) is 143 cm³/mol. The van der Waals surface area contributed by atoms with Gasteiger partial charge < -0.3 is 20.3 Å².